The first kappa shape index (κ1) is 55.4. The Labute approximate surface area is 355 Å². The molecule has 0 radical (unpaired) electrons. The monoisotopic (exact) mass is 807 g/mol. The molecule has 0 rings (SSSR count). The smallest absolute Gasteiger partial charge is 0.306 e. The number of unbranched alkanes of at least 4 members (excludes halogenated alkanes) is 28. The fourth-order valence-corrected chi connectivity index (χ4v) is 7.57. The van der Waals surface area contributed by atoms with E-state index < -0.39 is 6.10 Å². The fraction of sp³-hybridized carbons (Fsp3) is 0.941. The van der Waals surface area contributed by atoms with E-state index in [9.17, 15) is 14.4 Å². The number of carbonyl (C=O) groups excluding carboxylic acids is 3. The molecule has 0 bridgehead atoms. The molecule has 6 nitrogen and oxygen atoms in total. The van der Waals surface area contributed by atoms with Crippen molar-refractivity contribution in [2.45, 2.75) is 285 Å². The summed E-state index contributed by atoms with van der Waals surface area (Å²) in [4.78, 5) is 37.8. The maximum absolute atomic E-state index is 12.7. The standard InChI is InChI=1S/C51H98O6/c1-6-9-10-11-12-13-18-23-26-33-38-43-51(54)57-48(45-56-50(53)42-37-32-28-27-30-35-40-47(5)8-3)44-55-49(52)41-36-31-25-22-20-17-15-14-16-19-21-24-29-34-39-46(4)7-2/h46-48H,6-45H2,1-5H3/t46?,47?,48-/m1/s1. The van der Waals surface area contributed by atoms with Crippen LogP contribution < -0.4 is 0 Å². The molecule has 0 N–H and O–H groups in total. The number of carbonyl (C=O) groups is 3. The van der Waals surface area contributed by atoms with E-state index in [0.29, 0.717) is 19.3 Å². The van der Waals surface area contributed by atoms with Crippen LogP contribution in [0.4, 0.5) is 0 Å². The van der Waals surface area contributed by atoms with Crippen molar-refractivity contribution in [2.24, 2.45) is 11.8 Å². The van der Waals surface area contributed by atoms with Crippen LogP contribution in [0.1, 0.15) is 279 Å². The van der Waals surface area contributed by atoms with E-state index in [2.05, 4.69) is 34.6 Å². The molecule has 6 heteroatoms. The van der Waals surface area contributed by atoms with E-state index in [-0.39, 0.29) is 31.1 Å². The van der Waals surface area contributed by atoms with Crippen molar-refractivity contribution in [1.29, 1.82) is 0 Å². The van der Waals surface area contributed by atoms with Crippen molar-refractivity contribution in [3.05, 3.63) is 0 Å². The Kier molecular flexibility index (Phi) is 42.7. The van der Waals surface area contributed by atoms with Crippen LogP contribution in [0, 0.1) is 11.8 Å². The van der Waals surface area contributed by atoms with Crippen LogP contribution in [0.3, 0.4) is 0 Å². The minimum absolute atomic E-state index is 0.0645. The summed E-state index contributed by atoms with van der Waals surface area (Å²) < 4.78 is 16.8. The predicted molar refractivity (Wildman–Crippen MR) is 243 cm³/mol. The summed E-state index contributed by atoms with van der Waals surface area (Å²) in [7, 11) is 0. The van der Waals surface area contributed by atoms with Gasteiger partial charge in [-0.25, -0.2) is 0 Å². The SMILES string of the molecule is CCCCCCCCCCCCCC(=O)O[C@H](COC(=O)CCCCCCCCCCCCCCCCC(C)CC)COC(=O)CCCCCCCCC(C)CC. The van der Waals surface area contributed by atoms with Gasteiger partial charge in [0.25, 0.3) is 0 Å². The van der Waals surface area contributed by atoms with Crippen LogP contribution in [0.15, 0.2) is 0 Å². The van der Waals surface area contributed by atoms with Gasteiger partial charge < -0.3 is 14.2 Å². The van der Waals surface area contributed by atoms with Gasteiger partial charge in [0.15, 0.2) is 6.10 Å². The van der Waals surface area contributed by atoms with E-state index in [1.54, 1.807) is 0 Å². The van der Waals surface area contributed by atoms with Crippen LogP contribution in [0.25, 0.3) is 0 Å². The molecule has 0 heterocycles. The van der Waals surface area contributed by atoms with Crippen molar-refractivity contribution in [3.8, 4) is 0 Å². The molecule has 0 aromatic carbocycles. The van der Waals surface area contributed by atoms with Crippen LogP contribution in [-0.2, 0) is 28.6 Å². The summed E-state index contributed by atoms with van der Waals surface area (Å²) in [6.07, 6.45) is 43.7. The third-order valence-electron chi connectivity index (χ3n) is 12.2. The summed E-state index contributed by atoms with van der Waals surface area (Å²) in [5, 5.41) is 0. The molecule has 0 aliphatic rings. The number of esters is 3. The van der Waals surface area contributed by atoms with E-state index in [0.717, 1.165) is 69.6 Å². The molecule has 0 amide bonds. The summed E-state index contributed by atoms with van der Waals surface area (Å²) >= 11 is 0. The molecular weight excluding hydrogens is 709 g/mol. The van der Waals surface area contributed by atoms with Gasteiger partial charge in [0.2, 0.25) is 0 Å². The third kappa shape index (κ3) is 42.3. The van der Waals surface area contributed by atoms with Crippen molar-refractivity contribution in [3.63, 3.8) is 0 Å². The highest BCUT2D eigenvalue weighted by atomic mass is 16.6. The zero-order valence-corrected chi connectivity index (χ0v) is 39.0. The molecule has 0 aliphatic heterocycles. The van der Waals surface area contributed by atoms with Crippen LogP contribution in [0.2, 0.25) is 0 Å². The molecule has 2 unspecified atom stereocenters. The van der Waals surface area contributed by atoms with E-state index >= 15 is 0 Å². The maximum atomic E-state index is 12.7. The third-order valence-corrected chi connectivity index (χ3v) is 12.2. The maximum Gasteiger partial charge on any atom is 0.306 e. The Hall–Kier alpha value is -1.59. The quantitative estimate of drug-likeness (QED) is 0.0346. The zero-order chi connectivity index (χ0) is 41.9. The van der Waals surface area contributed by atoms with Gasteiger partial charge in [-0.05, 0) is 31.1 Å². The predicted octanol–water partition coefficient (Wildman–Crippen LogP) is 16.1. The van der Waals surface area contributed by atoms with Crippen LogP contribution in [-0.4, -0.2) is 37.2 Å². The molecule has 3 atom stereocenters. The Balaban J connectivity index is 4.26. The normalized spacial score (nSPS) is 13.0. The fourth-order valence-electron chi connectivity index (χ4n) is 7.57. The largest absolute Gasteiger partial charge is 0.462 e. The second-order valence-corrected chi connectivity index (χ2v) is 17.9. The highest BCUT2D eigenvalue weighted by Crippen LogP contribution is 2.18. The molecule has 0 saturated carbocycles. The summed E-state index contributed by atoms with van der Waals surface area (Å²) in [6, 6.07) is 0. The van der Waals surface area contributed by atoms with Crippen LogP contribution >= 0.6 is 0 Å². The Bertz CT molecular complexity index is 874. The lowest BCUT2D eigenvalue weighted by Crippen LogP contribution is -2.30. The van der Waals surface area contributed by atoms with Gasteiger partial charge in [-0.2, -0.15) is 0 Å². The summed E-state index contributed by atoms with van der Waals surface area (Å²) in [5.74, 6) is 0.856. The van der Waals surface area contributed by atoms with Crippen LogP contribution in [0.5, 0.6) is 0 Å². The molecule has 0 aliphatic carbocycles. The Morgan fingerprint density at radius 3 is 0.912 bits per heavy atom. The molecule has 0 fully saturated rings. The first-order valence-corrected chi connectivity index (χ1v) is 25.3. The molecule has 57 heavy (non-hydrogen) atoms. The molecule has 0 saturated heterocycles. The first-order chi connectivity index (χ1) is 27.8. The minimum atomic E-state index is -0.761. The van der Waals surface area contributed by atoms with E-state index in [1.165, 1.54) is 167 Å². The lowest BCUT2D eigenvalue weighted by atomic mass is 9.99. The molecule has 338 valence electrons. The number of rotatable bonds is 45. The van der Waals surface area contributed by atoms with E-state index in [1.807, 2.05) is 0 Å². The highest BCUT2D eigenvalue weighted by molar-refractivity contribution is 5.71. The number of ether oxygens (including phenoxy) is 3. The van der Waals surface area contributed by atoms with Gasteiger partial charge in [-0.3, -0.25) is 14.4 Å². The average molecular weight is 807 g/mol. The van der Waals surface area contributed by atoms with Gasteiger partial charge in [0.1, 0.15) is 13.2 Å². The Morgan fingerprint density at radius 1 is 0.351 bits per heavy atom. The summed E-state index contributed by atoms with van der Waals surface area (Å²) in [6.45, 7) is 11.4. The molecule has 0 spiro atoms. The van der Waals surface area contributed by atoms with Gasteiger partial charge in [-0.1, -0.05) is 240 Å². The van der Waals surface area contributed by atoms with Crippen molar-refractivity contribution < 1.29 is 28.6 Å². The first-order valence-electron chi connectivity index (χ1n) is 25.3. The Morgan fingerprint density at radius 2 is 0.614 bits per heavy atom. The zero-order valence-electron chi connectivity index (χ0n) is 39.0. The number of hydrogen-bond acceptors (Lipinski definition) is 6. The molecule has 0 aromatic rings. The molecular formula is C51H98O6. The number of hydrogen-bond donors (Lipinski definition) is 0. The molecule has 0 aromatic heterocycles. The lowest BCUT2D eigenvalue weighted by molar-refractivity contribution is -0.167. The van der Waals surface area contributed by atoms with Crippen molar-refractivity contribution in [2.75, 3.05) is 13.2 Å². The minimum Gasteiger partial charge on any atom is -0.462 e. The van der Waals surface area contributed by atoms with Gasteiger partial charge >= 0.3 is 17.9 Å². The van der Waals surface area contributed by atoms with E-state index in [4.69, 9.17) is 14.2 Å². The highest BCUT2D eigenvalue weighted by Gasteiger charge is 2.19. The second kappa shape index (κ2) is 44.0. The lowest BCUT2D eigenvalue weighted by Gasteiger charge is -2.18. The van der Waals surface area contributed by atoms with Crippen molar-refractivity contribution >= 4 is 17.9 Å². The van der Waals surface area contributed by atoms with Gasteiger partial charge in [-0.15, -0.1) is 0 Å². The van der Waals surface area contributed by atoms with Gasteiger partial charge in [0.05, 0.1) is 0 Å². The second-order valence-electron chi connectivity index (χ2n) is 17.9. The average Bonchev–Trinajstić information content (AvgIpc) is 3.21. The summed E-state index contributed by atoms with van der Waals surface area (Å²) in [5.41, 5.74) is 0. The topological polar surface area (TPSA) is 78.9 Å². The van der Waals surface area contributed by atoms with Gasteiger partial charge in [0, 0.05) is 19.3 Å². The van der Waals surface area contributed by atoms with Crippen molar-refractivity contribution in [1.82, 2.24) is 0 Å².